The summed E-state index contributed by atoms with van der Waals surface area (Å²) in [5.41, 5.74) is 0. The van der Waals surface area contributed by atoms with Crippen molar-refractivity contribution in [2.24, 2.45) is 5.92 Å². The van der Waals surface area contributed by atoms with Crippen molar-refractivity contribution in [3.8, 4) is 0 Å². The van der Waals surface area contributed by atoms with E-state index < -0.39 is 10.0 Å². The fourth-order valence-electron chi connectivity index (χ4n) is 2.28. The Morgan fingerprint density at radius 3 is 2.61 bits per heavy atom. The van der Waals surface area contributed by atoms with Crippen LogP contribution in [0.15, 0.2) is 16.3 Å². The van der Waals surface area contributed by atoms with Crippen LogP contribution in [0.25, 0.3) is 0 Å². The Kier molecular flexibility index (Phi) is 4.77. The SMILES string of the molecule is O=S(=O)(NCC1CCCCC1)c1ccc(CO)s1. The summed E-state index contributed by atoms with van der Waals surface area (Å²) >= 11 is 1.13. The Hall–Kier alpha value is -0.430. The summed E-state index contributed by atoms with van der Waals surface area (Å²) < 4.78 is 27.0. The molecule has 0 bridgehead atoms. The number of aliphatic hydroxyl groups excluding tert-OH is 1. The second-order valence-electron chi connectivity index (χ2n) is 4.73. The van der Waals surface area contributed by atoms with Crippen LogP contribution in [0.4, 0.5) is 0 Å². The molecule has 0 amide bonds. The molecule has 0 saturated heterocycles. The minimum absolute atomic E-state index is 0.108. The number of hydrogen-bond acceptors (Lipinski definition) is 4. The van der Waals surface area contributed by atoms with Crippen LogP contribution in [-0.2, 0) is 16.6 Å². The second kappa shape index (κ2) is 6.14. The first kappa shape index (κ1) is 14.0. The molecular weight excluding hydrogens is 270 g/mol. The third kappa shape index (κ3) is 3.54. The summed E-state index contributed by atoms with van der Waals surface area (Å²) in [7, 11) is -3.39. The standard InChI is InChI=1S/C12H19NO3S2/c14-9-11-6-7-12(17-11)18(15,16)13-8-10-4-2-1-3-5-10/h6-7,10,13-14H,1-5,8-9H2. The van der Waals surface area contributed by atoms with E-state index in [1.165, 1.54) is 19.3 Å². The molecule has 0 unspecified atom stereocenters. The average molecular weight is 289 g/mol. The Bertz CT molecular complexity index is 475. The van der Waals surface area contributed by atoms with Crippen LogP contribution in [0.1, 0.15) is 37.0 Å². The lowest BCUT2D eigenvalue weighted by Gasteiger charge is -2.21. The minimum Gasteiger partial charge on any atom is -0.391 e. The molecule has 1 aliphatic rings. The maximum Gasteiger partial charge on any atom is 0.250 e. The predicted octanol–water partition coefficient (Wildman–Crippen LogP) is 2.10. The van der Waals surface area contributed by atoms with Crippen molar-refractivity contribution in [1.29, 1.82) is 0 Å². The van der Waals surface area contributed by atoms with Gasteiger partial charge in [0.15, 0.2) is 0 Å². The molecule has 0 radical (unpaired) electrons. The van der Waals surface area contributed by atoms with E-state index in [2.05, 4.69) is 4.72 Å². The van der Waals surface area contributed by atoms with Crippen molar-refractivity contribution in [2.75, 3.05) is 6.54 Å². The molecule has 0 atom stereocenters. The molecule has 0 aliphatic heterocycles. The molecule has 4 nitrogen and oxygen atoms in total. The molecule has 1 aliphatic carbocycles. The molecule has 2 rings (SSSR count). The van der Waals surface area contributed by atoms with Gasteiger partial charge in [-0.25, -0.2) is 13.1 Å². The molecular formula is C12H19NO3S2. The van der Waals surface area contributed by atoms with Crippen molar-refractivity contribution >= 4 is 21.4 Å². The second-order valence-corrected chi connectivity index (χ2v) is 7.90. The van der Waals surface area contributed by atoms with E-state index in [0.29, 0.717) is 21.5 Å². The largest absolute Gasteiger partial charge is 0.391 e. The molecule has 1 saturated carbocycles. The zero-order chi connectivity index (χ0) is 13.0. The molecule has 0 spiro atoms. The van der Waals surface area contributed by atoms with E-state index in [1.807, 2.05) is 0 Å². The smallest absolute Gasteiger partial charge is 0.250 e. The lowest BCUT2D eigenvalue weighted by atomic mass is 9.90. The van der Waals surface area contributed by atoms with E-state index in [4.69, 9.17) is 5.11 Å². The third-order valence-corrected chi connectivity index (χ3v) is 6.33. The quantitative estimate of drug-likeness (QED) is 0.872. The number of hydrogen-bond donors (Lipinski definition) is 2. The summed E-state index contributed by atoms with van der Waals surface area (Å²) in [4.78, 5) is 0.674. The highest BCUT2D eigenvalue weighted by Gasteiger charge is 2.20. The Balaban J connectivity index is 1.94. The van der Waals surface area contributed by atoms with Crippen LogP contribution in [0.2, 0.25) is 0 Å². The summed E-state index contributed by atoms with van der Waals surface area (Å²) in [5, 5.41) is 8.95. The van der Waals surface area contributed by atoms with Gasteiger partial charge >= 0.3 is 0 Å². The average Bonchev–Trinajstić information content (AvgIpc) is 2.87. The van der Waals surface area contributed by atoms with Gasteiger partial charge in [-0.2, -0.15) is 0 Å². The van der Waals surface area contributed by atoms with Gasteiger partial charge < -0.3 is 5.11 Å². The molecule has 1 aromatic rings. The Morgan fingerprint density at radius 2 is 2.00 bits per heavy atom. The third-order valence-electron chi connectivity index (χ3n) is 3.34. The van der Waals surface area contributed by atoms with Gasteiger partial charge in [0.25, 0.3) is 0 Å². The van der Waals surface area contributed by atoms with Gasteiger partial charge in [0, 0.05) is 11.4 Å². The van der Waals surface area contributed by atoms with Crippen LogP contribution >= 0.6 is 11.3 Å². The van der Waals surface area contributed by atoms with Crippen LogP contribution in [0, 0.1) is 5.92 Å². The highest BCUT2D eigenvalue weighted by Crippen LogP contribution is 2.25. The van der Waals surface area contributed by atoms with Gasteiger partial charge in [0.05, 0.1) is 6.61 Å². The van der Waals surface area contributed by atoms with Crippen LogP contribution < -0.4 is 4.72 Å². The lowest BCUT2D eigenvalue weighted by molar-refractivity contribution is 0.285. The Labute approximate surface area is 112 Å². The van der Waals surface area contributed by atoms with Crippen LogP contribution in [0.3, 0.4) is 0 Å². The van der Waals surface area contributed by atoms with Crippen LogP contribution in [-0.4, -0.2) is 20.1 Å². The number of aliphatic hydroxyl groups is 1. The molecule has 102 valence electrons. The van der Waals surface area contributed by atoms with Crippen molar-refractivity contribution in [2.45, 2.75) is 42.9 Å². The number of rotatable bonds is 5. The normalized spacial score (nSPS) is 18.1. The number of nitrogens with one attached hydrogen (secondary N) is 1. The summed E-state index contributed by atoms with van der Waals surface area (Å²) in [6.07, 6.45) is 5.93. The van der Waals surface area contributed by atoms with E-state index in [-0.39, 0.29) is 6.61 Å². The monoisotopic (exact) mass is 289 g/mol. The van der Waals surface area contributed by atoms with Gasteiger partial charge in [0.2, 0.25) is 10.0 Å². The first-order chi connectivity index (χ1) is 8.62. The maximum atomic E-state index is 12.0. The molecule has 18 heavy (non-hydrogen) atoms. The highest BCUT2D eigenvalue weighted by atomic mass is 32.2. The highest BCUT2D eigenvalue weighted by molar-refractivity contribution is 7.91. The first-order valence-corrected chi connectivity index (χ1v) is 8.61. The zero-order valence-corrected chi connectivity index (χ0v) is 11.9. The minimum atomic E-state index is -3.39. The molecule has 1 heterocycles. The van der Waals surface area contributed by atoms with E-state index in [0.717, 1.165) is 24.2 Å². The molecule has 0 aromatic carbocycles. The van der Waals surface area contributed by atoms with Gasteiger partial charge in [-0.05, 0) is 30.9 Å². The van der Waals surface area contributed by atoms with Crippen molar-refractivity contribution in [3.05, 3.63) is 17.0 Å². The number of sulfonamides is 1. The fraction of sp³-hybridized carbons (Fsp3) is 0.667. The molecule has 2 N–H and O–H groups in total. The fourth-order valence-corrected chi connectivity index (χ4v) is 4.65. The van der Waals surface area contributed by atoms with E-state index >= 15 is 0 Å². The maximum absolute atomic E-state index is 12.0. The predicted molar refractivity (Wildman–Crippen MR) is 72.0 cm³/mol. The van der Waals surface area contributed by atoms with Gasteiger partial charge in [-0.3, -0.25) is 0 Å². The lowest BCUT2D eigenvalue weighted by Crippen LogP contribution is -2.29. The van der Waals surface area contributed by atoms with Crippen LogP contribution in [0.5, 0.6) is 0 Å². The van der Waals surface area contributed by atoms with E-state index in [9.17, 15) is 8.42 Å². The van der Waals surface area contributed by atoms with Crippen molar-refractivity contribution in [1.82, 2.24) is 4.72 Å². The van der Waals surface area contributed by atoms with Crippen molar-refractivity contribution < 1.29 is 13.5 Å². The zero-order valence-electron chi connectivity index (χ0n) is 10.3. The topological polar surface area (TPSA) is 66.4 Å². The summed E-state index contributed by atoms with van der Waals surface area (Å²) in [5.74, 6) is 0.478. The van der Waals surface area contributed by atoms with Gasteiger partial charge in [-0.15, -0.1) is 11.3 Å². The van der Waals surface area contributed by atoms with Gasteiger partial charge in [0.1, 0.15) is 4.21 Å². The molecule has 1 aromatic heterocycles. The Morgan fingerprint density at radius 1 is 1.28 bits per heavy atom. The first-order valence-electron chi connectivity index (χ1n) is 6.31. The van der Waals surface area contributed by atoms with E-state index in [1.54, 1.807) is 12.1 Å². The summed E-state index contributed by atoms with van der Waals surface area (Å²) in [6.45, 7) is 0.428. The van der Waals surface area contributed by atoms with Crippen molar-refractivity contribution in [3.63, 3.8) is 0 Å². The number of thiophene rings is 1. The molecule has 1 fully saturated rings. The summed E-state index contributed by atoms with van der Waals surface area (Å²) in [6, 6.07) is 3.21. The van der Waals surface area contributed by atoms with Gasteiger partial charge in [-0.1, -0.05) is 19.3 Å². The molecule has 6 heteroatoms.